The van der Waals surface area contributed by atoms with Crippen LogP contribution in [0.3, 0.4) is 0 Å². The summed E-state index contributed by atoms with van der Waals surface area (Å²) in [5, 5.41) is 4.92. The van der Waals surface area contributed by atoms with E-state index < -0.39 is 65.5 Å². The van der Waals surface area contributed by atoms with E-state index in [0.29, 0.717) is 25.3 Å². The lowest BCUT2D eigenvalue weighted by molar-refractivity contribution is -0.141. The summed E-state index contributed by atoms with van der Waals surface area (Å²) in [5.41, 5.74) is -1.79. The van der Waals surface area contributed by atoms with Crippen molar-refractivity contribution in [2.75, 3.05) is 25.0 Å². The minimum absolute atomic E-state index is 0.130. The van der Waals surface area contributed by atoms with Gasteiger partial charge in [-0.1, -0.05) is 27.7 Å². The highest BCUT2D eigenvalue weighted by Crippen LogP contribution is 2.46. The van der Waals surface area contributed by atoms with E-state index >= 15 is 0 Å². The number of rotatable bonds is 7. The number of anilines is 1. The fourth-order valence-corrected chi connectivity index (χ4v) is 5.43. The molecule has 3 rings (SSSR count). The van der Waals surface area contributed by atoms with Crippen molar-refractivity contribution in [2.24, 2.45) is 11.3 Å². The Balaban J connectivity index is 1.69. The van der Waals surface area contributed by atoms with Gasteiger partial charge in [-0.25, -0.2) is 18.0 Å². The van der Waals surface area contributed by atoms with Crippen LogP contribution in [0.2, 0.25) is 0 Å². The zero-order valence-corrected chi connectivity index (χ0v) is 20.3. The summed E-state index contributed by atoms with van der Waals surface area (Å²) in [6.45, 7) is 6.92. The van der Waals surface area contributed by atoms with Crippen LogP contribution < -0.4 is 10.6 Å². The predicted octanol–water partition coefficient (Wildman–Crippen LogP) is 3.42. The van der Waals surface area contributed by atoms with Gasteiger partial charge in [0.05, 0.1) is 12.2 Å². The van der Waals surface area contributed by atoms with Crippen LogP contribution in [0, 0.1) is 28.8 Å². The van der Waals surface area contributed by atoms with Gasteiger partial charge in [-0.15, -0.1) is 0 Å². The van der Waals surface area contributed by atoms with Gasteiger partial charge in [-0.3, -0.25) is 19.3 Å². The van der Waals surface area contributed by atoms with Crippen molar-refractivity contribution in [1.29, 1.82) is 0 Å². The highest BCUT2D eigenvalue weighted by molar-refractivity contribution is 6.09. The summed E-state index contributed by atoms with van der Waals surface area (Å²) in [6, 6.07) is 0.888. The molecular weight excluding hydrogens is 465 g/mol. The Morgan fingerprint density at radius 1 is 1.17 bits per heavy atom. The van der Waals surface area contributed by atoms with Crippen molar-refractivity contribution in [3.63, 3.8) is 0 Å². The van der Waals surface area contributed by atoms with E-state index in [0.717, 1.165) is 22.3 Å². The van der Waals surface area contributed by atoms with Crippen molar-refractivity contribution in [3.05, 3.63) is 29.6 Å². The fourth-order valence-electron chi connectivity index (χ4n) is 5.43. The summed E-state index contributed by atoms with van der Waals surface area (Å²) >= 11 is 0. The van der Waals surface area contributed by atoms with E-state index in [1.165, 1.54) is 0 Å². The van der Waals surface area contributed by atoms with Gasteiger partial charge in [0.25, 0.3) is 5.91 Å². The molecular formula is C24H31F3N4O4. The van der Waals surface area contributed by atoms with Gasteiger partial charge in [0, 0.05) is 6.54 Å². The minimum Gasteiger partial charge on any atom is -0.332 e. The molecule has 35 heavy (non-hydrogen) atoms. The number of hydrogen-bond acceptors (Lipinski definition) is 4. The first-order valence-corrected chi connectivity index (χ1v) is 11.6. The molecule has 1 saturated heterocycles. The average molecular weight is 497 g/mol. The molecule has 1 spiro atoms. The Hall–Kier alpha value is -3.11. The SMILES string of the molecule is CCCN(CC(=O)Nc1ccc(F)c(F)c1F)C(=O)CN1C(=O)N[C@@]2(C[C@@H](C)CC(C)(C)C2)C1=O. The van der Waals surface area contributed by atoms with Crippen LogP contribution in [-0.4, -0.2) is 58.7 Å². The maximum atomic E-state index is 13.9. The van der Waals surface area contributed by atoms with E-state index in [1.54, 1.807) is 6.92 Å². The minimum atomic E-state index is -1.73. The summed E-state index contributed by atoms with van der Waals surface area (Å²) in [4.78, 5) is 53.4. The number of benzene rings is 1. The molecule has 2 N–H and O–H groups in total. The standard InChI is InChI=1S/C24H31F3N4O4/c1-5-8-30(11-17(32)28-16-7-6-15(25)19(26)20(16)27)18(33)12-31-21(34)24(29-22(31)35)10-14(2)9-23(3,4)13-24/h6-7,14H,5,8-13H2,1-4H3,(H,28,32)(H,29,35)/t14-,24+/m0/s1. The van der Waals surface area contributed by atoms with Crippen molar-refractivity contribution in [2.45, 2.75) is 58.9 Å². The van der Waals surface area contributed by atoms with Gasteiger partial charge in [0.1, 0.15) is 12.1 Å². The molecule has 2 aliphatic rings. The van der Waals surface area contributed by atoms with E-state index in [1.807, 2.05) is 20.8 Å². The number of halogens is 3. The Morgan fingerprint density at radius 3 is 2.49 bits per heavy atom. The van der Waals surface area contributed by atoms with Crippen LogP contribution in [0.15, 0.2) is 12.1 Å². The van der Waals surface area contributed by atoms with Gasteiger partial charge in [0.2, 0.25) is 11.8 Å². The number of carbonyl (C=O) groups is 4. The second kappa shape index (κ2) is 9.87. The largest absolute Gasteiger partial charge is 0.332 e. The number of hydrogen-bond donors (Lipinski definition) is 2. The lowest BCUT2D eigenvalue weighted by Gasteiger charge is -2.43. The van der Waals surface area contributed by atoms with E-state index in [9.17, 15) is 32.3 Å². The Labute approximate surface area is 202 Å². The molecule has 1 aliphatic heterocycles. The van der Waals surface area contributed by atoms with Crippen LogP contribution in [0.25, 0.3) is 0 Å². The van der Waals surface area contributed by atoms with Crippen LogP contribution in [0.1, 0.15) is 53.4 Å². The normalized spacial score (nSPS) is 23.4. The molecule has 5 amide bonds. The average Bonchev–Trinajstić information content (AvgIpc) is 2.95. The third kappa shape index (κ3) is 5.59. The Morgan fingerprint density at radius 2 is 1.86 bits per heavy atom. The zero-order valence-electron chi connectivity index (χ0n) is 20.3. The number of amides is 5. The van der Waals surface area contributed by atoms with Crippen LogP contribution in [0.4, 0.5) is 23.7 Å². The molecule has 192 valence electrons. The topological polar surface area (TPSA) is 98.8 Å². The van der Waals surface area contributed by atoms with Crippen molar-refractivity contribution < 1.29 is 32.3 Å². The second-order valence-electron chi connectivity index (χ2n) is 10.3. The molecule has 2 atom stereocenters. The molecule has 8 nitrogen and oxygen atoms in total. The smallest absolute Gasteiger partial charge is 0.325 e. The number of urea groups is 1. The Kier molecular flexibility index (Phi) is 7.47. The van der Waals surface area contributed by atoms with Crippen molar-refractivity contribution in [1.82, 2.24) is 15.1 Å². The monoisotopic (exact) mass is 496 g/mol. The number of nitrogens with one attached hydrogen (secondary N) is 2. The van der Waals surface area contributed by atoms with Gasteiger partial charge >= 0.3 is 6.03 Å². The predicted molar refractivity (Wildman–Crippen MR) is 122 cm³/mol. The molecule has 1 heterocycles. The van der Waals surface area contributed by atoms with Crippen molar-refractivity contribution in [3.8, 4) is 0 Å². The lowest BCUT2D eigenvalue weighted by atomic mass is 9.64. The van der Waals surface area contributed by atoms with E-state index in [2.05, 4.69) is 10.6 Å². The van der Waals surface area contributed by atoms with Gasteiger partial charge in [0.15, 0.2) is 17.5 Å². The van der Waals surface area contributed by atoms with E-state index in [4.69, 9.17) is 0 Å². The molecule has 1 saturated carbocycles. The van der Waals surface area contributed by atoms with Crippen LogP contribution in [0.5, 0.6) is 0 Å². The zero-order chi connectivity index (χ0) is 26.1. The molecule has 0 unspecified atom stereocenters. The van der Waals surface area contributed by atoms with Gasteiger partial charge in [-0.2, -0.15) is 0 Å². The molecule has 11 heteroatoms. The third-order valence-corrected chi connectivity index (χ3v) is 6.41. The molecule has 1 aliphatic carbocycles. The molecule has 0 aromatic heterocycles. The van der Waals surface area contributed by atoms with E-state index in [-0.39, 0.29) is 17.9 Å². The maximum absolute atomic E-state index is 13.9. The highest BCUT2D eigenvalue weighted by atomic mass is 19.2. The quantitative estimate of drug-likeness (QED) is 0.446. The third-order valence-electron chi connectivity index (χ3n) is 6.41. The first kappa shape index (κ1) is 26.5. The first-order chi connectivity index (χ1) is 16.3. The summed E-state index contributed by atoms with van der Waals surface area (Å²) in [5.74, 6) is -6.41. The summed E-state index contributed by atoms with van der Waals surface area (Å²) < 4.78 is 40.4. The first-order valence-electron chi connectivity index (χ1n) is 11.6. The Bertz CT molecular complexity index is 1050. The van der Waals surface area contributed by atoms with Crippen LogP contribution >= 0.6 is 0 Å². The number of nitrogens with zero attached hydrogens (tertiary/aromatic N) is 2. The maximum Gasteiger partial charge on any atom is 0.325 e. The van der Waals surface area contributed by atoms with Gasteiger partial charge in [-0.05, 0) is 49.1 Å². The summed E-state index contributed by atoms with van der Waals surface area (Å²) in [7, 11) is 0. The molecule has 0 bridgehead atoms. The molecule has 0 radical (unpaired) electrons. The lowest BCUT2D eigenvalue weighted by Crippen LogP contribution is -2.54. The summed E-state index contributed by atoms with van der Waals surface area (Å²) in [6.07, 6.45) is 2.32. The van der Waals surface area contributed by atoms with Crippen LogP contribution in [-0.2, 0) is 14.4 Å². The number of imide groups is 1. The number of carbonyl (C=O) groups excluding carboxylic acids is 4. The second-order valence-corrected chi connectivity index (χ2v) is 10.3. The highest BCUT2D eigenvalue weighted by Gasteiger charge is 2.56. The fraction of sp³-hybridized carbons (Fsp3) is 0.583. The molecule has 1 aromatic carbocycles. The molecule has 2 fully saturated rings. The molecule has 1 aromatic rings. The van der Waals surface area contributed by atoms with Crippen molar-refractivity contribution >= 4 is 29.4 Å². The van der Waals surface area contributed by atoms with Gasteiger partial charge < -0.3 is 15.5 Å².